The van der Waals surface area contributed by atoms with E-state index in [9.17, 15) is 14.4 Å². The van der Waals surface area contributed by atoms with E-state index in [2.05, 4.69) is 34.9 Å². The molecule has 2 aromatic rings. The van der Waals surface area contributed by atoms with Gasteiger partial charge in [0.15, 0.2) is 0 Å². The first-order chi connectivity index (χ1) is 13.6. The largest absolute Gasteiger partial charge is 0.326 e. The molecule has 1 aromatic carbocycles. The summed E-state index contributed by atoms with van der Waals surface area (Å²) in [6.45, 7) is 10.6. The number of carbonyl (C=O) groups is 3. The molecule has 1 atom stereocenters. The maximum Gasteiger partial charge on any atom is 0.322 e. The summed E-state index contributed by atoms with van der Waals surface area (Å²) in [5.41, 5.74) is 2.77. The highest BCUT2D eigenvalue weighted by molar-refractivity contribution is 6.07. The molecule has 1 aromatic heterocycles. The summed E-state index contributed by atoms with van der Waals surface area (Å²) in [7, 11) is 0. The second-order valence-electron chi connectivity index (χ2n) is 8.06. The van der Waals surface area contributed by atoms with Crippen molar-refractivity contribution in [1.29, 1.82) is 0 Å². The Bertz CT molecular complexity index is 979. The van der Waals surface area contributed by atoms with E-state index in [1.807, 2.05) is 18.5 Å². The second kappa shape index (κ2) is 7.69. The van der Waals surface area contributed by atoms with E-state index < -0.39 is 17.5 Å². The SMILES string of the molecule is Cc1nn(CC(C)C)c(C)c1CC(=O)Nc1cccc([C@@]2(C)NC(=O)NC2=O)c1. The highest BCUT2D eigenvalue weighted by Crippen LogP contribution is 2.26. The fourth-order valence-corrected chi connectivity index (χ4v) is 3.53. The topological polar surface area (TPSA) is 105 Å². The van der Waals surface area contributed by atoms with E-state index >= 15 is 0 Å². The Kier molecular flexibility index (Phi) is 5.46. The molecular formula is C21H27N5O3. The van der Waals surface area contributed by atoms with Crippen molar-refractivity contribution in [3.05, 3.63) is 46.8 Å². The van der Waals surface area contributed by atoms with Crippen LogP contribution in [0.3, 0.4) is 0 Å². The molecule has 1 aliphatic rings. The molecule has 3 rings (SSSR count). The zero-order valence-corrected chi connectivity index (χ0v) is 17.4. The monoisotopic (exact) mass is 397 g/mol. The smallest absolute Gasteiger partial charge is 0.322 e. The standard InChI is InChI=1S/C21H27N5O3/c1-12(2)11-26-14(4)17(13(3)25-26)10-18(27)22-16-8-6-7-15(9-16)21(5)19(28)23-20(29)24-21/h6-9,12H,10-11H2,1-5H3,(H,22,27)(H2,23,24,28,29)/t21-/m1/s1. The van der Waals surface area contributed by atoms with Gasteiger partial charge >= 0.3 is 6.03 Å². The third-order valence-electron chi connectivity index (χ3n) is 5.18. The van der Waals surface area contributed by atoms with Crippen LogP contribution in [-0.2, 0) is 28.1 Å². The molecule has 3 N–H and O–H groups in total. The number of benzene rings is 1. The Morgan fingerprint density at radius 2 is 2.00 bits per heavy atom. The van der Waals surface area contributed by atoms with Gasteiger partial charge in [0.05, 0.1) is 12.1 Å². The molecule has 154 valence electrons. The van der Waals surface area contributed by atoms with Crippen LogP contribution in [0, 0.1) is 19.8 Å². The number of imide groups is 1. The predicted octanol–water partition coefficient (Wildman–Crippen LogP) is 2.39. The van der Waals surface area contributed by atoms with Crippen LogP contribution in [0.1, 0.15) is 43.3 Å². The molecule has 0 spiro atoms. The number of hydrogen-bond donors (Lipinski definition) is 3. The minimum absolute atomic E-state index is 0.164. The number of rotatable bonds is 6. The van der Waals surface area contributed by atoms with Crippen LogP contribution < -0.4 is 16.0 Å². The highest BCUT2D eigenvalue weighted by Gasteiger charge is 2.43. The average Bonchev–Trinajstić information content (AvgIpc) is 3.04. The van der Waals surface area contributed by atoms with E-state index in [1.54, 1.807) is 31.2 Å². The Hall–Kier alpha value is -3.16. The zero-order valence-electron chi connectivity index (χ0n) is 17.4. The third kappa shape index (κ3) is 4.16. The van der Waals surface area contributed by atoms with Crippen molar-refractivity contribution in [2.45, 2.75) is 53.1 Å². The van der Waals surface area contributed by atoms with Crippen molar-refractivity contribution in [2.24, 2.45) is 5.92 Å². The number of hydrogen-bond acceptors (Lipinski definition) is 4. The lowest BCUT2D eigenvalue weighted by molar-refractivity contribution is -0.123. The van der Waals surface area contributed by atoms with Crippen molar-refractivity contribution >= 4 is 23.5 Å². The van der Waals surface area contributed by atoms with Crippen LogP contribution in [0.5, 0.6) is 0 Å². The summed E-state index contributed by atoms with van der Waals surface area (Å²) in [6.07, 6.45) is 0.217. The minimum atomic E-state index is -1.16. The number of amides is 4. The molecule has 1 aliphatic heterocycles. The predicted molar refractivity (Wildman–Crippen MR) is 109 cm³/mol. The summed E-state index contributed by atoms with van der Waals surface area (Å²) in [4.78, 5) is 36.3. The first-order valence-corrected chi connectivity index (χ1v) is 9.67. The first kappa shape index (κ1) is 20.6. The summed E-state index contributed by atoms with van der Waals surface area (Å²) in [5, 5.41) is 12.3. The maximum absolute atomic E-state index is 12.6. The van der Waals surface area contributed by atoms with Gasteiger partial charge in [0.1, 0.15) is 5.54 Å². The van der Waals surface area contributed by atoms with E-state index in [4.69, 9.17) is 0 Å². The van der Waals surface area contributed by atoms with Crippen LogP contribution in [0.15, 0.2) is 24.3 Å². The van der Waals surface area contributed by atoms with E-state index in [1.165, 1.54) is 0 Å². The lowest BCUT2D eigenvalue weighted by Crippen LogP contribution is -2.40. The Labute approximate surface area is 170 Å². The van der Waals surface area contributed by atoms with Crippen molar-refractivity contribution < 1.29 is 14.4 Å². The molecule has 8 nitrogen and oxygen atoms in total. The highest BCUT2D eigenvalue weighted by atomic mass is 16.2. The van der Waals surface area contributed by atoms with Crippen LogP contribution in [-0.4, -0.2) is 27.6 Å². The van der Waals surface area contributed by atoms with E-state index in [0.29, 0.717) is 17.2 Å². The number of carbonyl (C=O) groups excluding carboxylic acids is 3. The van der Waals surface area contributed by atoms with Crippen molar-refractivity contribution in [2.75, 3.05) is 5.32 Å². The Morgan fingerprint density at radius 3 is 2.62 bits per heavy atom. The number of aryl methyl sites for hydroxylation is 1. The summed E-state index contributed by atoms with van der Waals surface area (Å²) >= 11 is 0. The zero-order chi connectivity index (χ0) is 21.3. The molecule has 0 bridgehead atoms. The molecule has 29 heavy (non-hydrogen) atoms. The van der Waals surface area contributed by atoms with Gasteiger partial charge < -0.3 is 10.6 Å². The van der Waals surface area contributed by atoms with Crippen molar-refractivity contribution in [3.8, 4) is 0 Å². The van der Waals surface area contributed by atoms with E-state index in [0.717, 1.165) is 23.5 Å². The molecule has 1 saturated heterocycles. The van der Waals surface area contributed by atoms with Crippen molar-refractivity contribution in [1.82, 2.24) is 20.4 Å². The fraction of sp³-hybridized carbons (Fsp3) is 0.429. The molecule has 0 saturated carbocycles. The first-order valence-electron chi connectivity index (χ1n) is 9.67. The molecule has 0 radical (unpaired) electrons. The lowest BCUT2D eigenvalue weighted by atomic mass is 9.92. The maximum atomic E-state index is 12.6. The minimum Gasteiger partial charge on any atom is -0.326 e. The Morgan fingerprint density at radius 1 is 1.28 bits per heavy atom. The number of anilines is 1. The van der Waals surface area contributed by atoms with Crippen LogP contribution >= 0.6 is 0 Å². The normalized spacial score (nSPS) is 18.7. The van der Waals surface area contributed by atoms with Crippen LogP contribution in [0.25, 0.3) is 0 Å². The summed E-state index contributed by atoms with van der Waals surface area (Å²) in [6, 6.07) is 6.40. The fourth-order valence-electron chi connectivity index (χ4n) is 3.53. The molecule has 2 heterocycles. The van der Waals surface area contributed by atoms with Gasteiger partial charge in [-0.25, -0.2) is 4.79 Å². The van der Waals surface area contributed by atoms with Gasteiger partial charge in [0.2, 0.25) is 5.91 Å². The van der Waals surface area contributed by atoms with Gasteiger partial charge in [-0.3, -0.25) is 19.6 Å². The van der Waals surface area contributed by atoms with Gasteiger partial charge in [-0.2, -0.15) is 5.10 Å². The number of nitrogens with one attached hydrogen (secondary N) is 3. The van der Waals surface area contributed by atoms with Gasteiger partial charge in [-0.1, -0.05) is 26.0 Å². The van der Waals surface area contributed by atoms with E-state index in [-0.39, 0.29) is 12.3 Å². The Balaban J connectivity index is 1.75. The number of nitrogens with zero attached hydrogens (tertiary/aromatic N) is 2. The second-order valence-corrected chi connectivity index (χ2v) is 8.06. The van der Waals surface area contributed by atoms with Crippen molar-refractivity contribution in [3.63, 3.8) is 0 Å². The molecule has 4 amide bonds. The molecule has 1 fully saturated rings. The molecule has 8 heteroatoms. The van der Waals surface area contributed by atoms with Crippen LogP contribution in [0.2, 0.25) is 0 Å². The summed E-state index contributed by atoms with van der Waals surface area (Å²) < 4.78 is 1.95. The average molecular weight is 397 g/mol. The van der Waals surface area contributed by atoms with Crippen LogP contribution in [0.4, 0.5) is 10.5 Å². The molecule has 0 aliphatic carbocycles. The third-order valence-corrected chi connectivity index (χ3v) is 5.18. The van der Waals surface area contributed by atoms with Gasteiger partial charge in [0, 0.05) is 23.5 Å². The molecular weight excluding hydrogens is 370 g/mol. The van der Waals surface area contributed by atoms with Gasteiger partial charge in [-0.15, -0.1) is 0 Å². The molecule has 0 unspecified atom stereocenters. The summed E-state index contributed by atoms with van der Waals surface area (Å²) in [5.74, 6) is -0.121. The van der Waals surface area contributed by atoms with Gasteiger partial charge in [-0.05, 0) is 44.4 Å². The number of aromatic nitrogens is 2. The van der Waals surface area contributed by atoms with Gasteiger partial charge in [0.25, 0.3) is 5.91 Å². The number of urea groups is 1. The lowest BCUT2D eigenvalue weighted by Gasteiger charge is -2.21. The quantitative estimate of drug-likeness (QED) is 0.651.